The first-order valence-corrected chi connectivity index (χ1v) is 4.57. The summed E-state index contributed by atoms with van der Waals surface area (Å²) in [6, 6.07) is -1.58. The van der Waals surface area contributed by atoms with Gasteiger partial charge in [0, 0.05) is 0 Å². The van der Waals surface area contributed by atoms with Gasteiger partial charge in [-0.2, -0.15) is 0 Å². The number of Topliss-reactive ketones (excluding diaryl/α,β-unsaturated/α-hetero) is 1. The Morgan fingerprint density at radius 2 is 1.73 bits per heavy atom. The van der Waals surface area contributed by atoms with Crippen molar-refractivity contribution in [1.82, 2.24) is 0 Å². The molecule has 88 valence electrons. The molecule has 0 aromatic heterocycles. The van der Waals surface area contributed by atoms with Crippen molar-refractivity contribution in [2.45, 2.75) is 31.3 Å². The molecule has 0 saturated heterocycles. The number of rotatable bonds is 8. The second-order valence-corrected chi connectivity index (χ2v) is 3.26. The van der Waals surface area contributed by atoms with Crippen LogP contribution in [-0.4, -0.2) is 35.5 Å². The fraction of sp³-hybridized carbons (Fsp3) is 0.750. The van der Waals surface area contributed by atoms with Crippen LogP contribution in [0.3, 0.4) is 0 Å². The van der Waals surface area contributed by atoms with E-state index in [4.69, 9.17) is 22.5 Å². The summed E-state index contributed by atoms with van der Waals surface area (Å²) in [7, 11) is 0. The average Bonchev–Trinajstić information content (AvgIpc) is 2.17. The highest BCUT2D eigenvalue weighted by molar-refractivity contribution is 5.84. The largest absolute Gasteiger partial charge is 0.480 e. The molecule has 0 aromatic carbocycles. The van der Waals surface area contributed by atoms with E-state index in [1.807, 2.05) is 0 Å². The number of carbonyl (C=O) groups is 2. The molecular weight excluding hydrogens is 202 g/mol. The molecule has 2 atom stereocenters. The van der Waals surface area contributed by atoms with Crippen LogP contribution in [0.5, 0.6) is 0 Å². The number of carboxylic acids is 1. The summed E-state index contributed by atoms with van der Waals surface area (Å²) in [6.07, 6.45) is 1.15. The second-order valence-electron chi connectivity index (χ2n) is 3.26. The van der Waals surface area contributed by atoms with E-state index < -0.39 is 18.1 Å². The normalized spacial score (nSPS) is 14.6. The first-order valence-electron chi connectivity index (χ1n) is 4.57. The van der Waals surface area contributed by atoms with Gasteiger partial charge in [0.2, 0.25) is 0 Å². The van der Waals surface area contributed by atoms with E-state index in [1.165, 1.54) is 0 Å². The van der Waals surface area contributed by atoms with Crippen molar-refractivity contribution in [2.24, 2.45) is 17.4 Å². The van der Waals surface area contributed by atoms with Crippen LogP contribution in [0, 0.1) is 0 Å². The molecule has 15 heavy (non-hydrogen) atoms. The number of nitrogens with two attached hydrogens (primary N) is 3. The van der Waals surface area contributed by atoms with Gasteiger partial charge in [-0.1, -0.05) is 0 Å². The smallest absolute Gasteiger partial charge is 0.320 e. The van der Waals surface area contributed by atoms with Crippen molar-refractivity contribution < 1.29 is 19.5 Å². The maximum Gasteiger partial charge on any atom is 0.320 e. The van der Waals surface area contributed by atoms with E-state index in [0.717, 1.165) is 0 Å². The maximum absolute atomic E-state index is 11.1. The Kier molecular flexibility index (Phi) is 6.80. The van der Waals surface area contributed by atoms with Gasteiger partial charge >= 0.3 is 5.97 Å². The Morgan fingerprint density at radius 1 is 1.20 bits per heavy atom. The topological polar surface area (TPSA) is 142 Å². The quantitative estimate of drug-likeness (QED) is 0.358. The van der Waals surface area contributed by atoms with Crippen LogP contribution in [0.4, 0.5) is 0 Å². The molecule has 0 bridgehead atoms. The van der Waals surface area contributed by atoms with E-state index in [-0.39, 0.29) is 12.4 Å². The summed E-state index contributed by atoms with van der Waals surface area (Å²) in [5, 5.41) is 8.48. The van der Waals surface area contributed by atoms with E-state index in [2.05, 4.69) is 4.84 Å². The van der Waals surface area contributed by atoms with Crippen molar-refractivity contribution in [3.63, 3.8) is 0 Å². The molecule has 0 aliphatic carbocycles. The number of hydrogen-bond donors (Lipinski definition) is 4. The zero-order valence-electron chi connectivity index (χ0n) is 8.39. The molecule has 0 amide bonds. The molecule has 0 spiro atoms. The Bertz CT molecular complexity index is 222. The molecule has 0 radical (unpaired) electrons. The van der Waals surface area contributed by atoms with Crippen molar-refractivity contribution in [2.75, 3.05) is 6.61 Å². The Balaban J connectivity index is 3.67. The molecule has 1 unspecified atom stereocenters. The summed E-state index contributed by atoms with van der Waals surface area (Å²) in [4.78, 5) is 25.6. The number of aliphatic carboxylic acids is 1. The summed E-state index contributed by atoms with van der Waals surface area (Å²) >= 11 is 0. The minimum absolute atomic E-state index is 0.230. The van der Waals surface area contributed by atoms with Gasteiger partial charge in [0.1, 0.15) is 12.6 Å². The highest BCUT2D eigenvalue weighted by atomic mass is 16.6. The minimum Gasteiger partial charge on any atom is -0.480 e. The third-order valence-corrected chi connectivity index (χ3v) is 1.99. The van der Waals surface area contributed by atoms with Crippen molar-refractivity contribution in [1.29, 1.82) is 0 Å². The van der Waals surface area contributed by atoms with Crippen LogP contribution < -0.4 is 17.4 Å². The first kappa shape index (κ1) is 14.0. The highest BCUT2D eigenvalue weighted by Gasteiger charge is 2.15. The van der Waals surface area contributed by atoms with Crippen LogP contribution >= 0.6 is 0 Å². The van der Waals surface area contributed by atoms with Crippen molar-refractivity contribution >= 4 is 11.8 Å². The van der Waals surface area contributed by atoms with Crippen LogP contribution in [-0.2, 0) is 14.4 Å². The average molecular weight is 219 g/mol. The Hall–Kier alpha value is -1.02. The number of carbonyl (C=O) groups excluding carboxylic acids is 1. The van der Waals surface area contributed by atoms with E-state index in [9.17, 15) is 9.59 Å². The molecule has 0 aromatic rings. The lowest BCUT2D eigenvalue weighted by atomic mass is 10.0. The molecule has 7 heteroatoms. The van der Waals surface area contributed by atoms with Crippen LogP contribution in [0.1, 0.15) is 19.3 Å². The third kappa shape index (κ3) is 6.13. The van der Waals surface area contributed by atoms with Crippen LogP contribution in [0.2, 0.25) is 0 Å². The van der Waals surface area contributed by atoms with Gasteiger partial charge in [-0.05, 0) is 19.3 Å². The van der Waals surface area contributed by atoms with Gasteiger partial charge < -0.3 is 16.6 Å². The van der Waals surface area contributed by atoms with Crippen molar-refractivity contribution in [3.8, 4) is 0 Å². The molecule has 0 saturated carbocycles. The van der Waals surface area contributed by atoms with Gasteiger partial charge in [-0.25, -0.2) is 5.90 Å². The number of hydrogen-bond acceptors (Lipinski definition) is 6. The SMILES string of the molecule is NOCC(=O)C(N)CCC[C@H](N)C(=O)O. The molecule has 7 nitrogen and oxygen atoms in total. The van der Waals surface area contributed by atoms with Gasteiger partial charge in [-0.15, -0.1) is 0 Å². The fourth-order valence-electron chi connectivity index (χ4n) is 1.03. The molecule has 0 fully saturated rings. The van der Waals surface area contributed by atoms with E-state index in [1.54, 1.807) is 0 Å². The van der Waals surface area contributed by atoms with E-state index >= 15 is 0 Å². The first-order chi connectivity index (χ1) is 6.99. The van der Waals surface area contributed by atoms with Gasteiger partial charge in [0.25, 0.3) is 0 Å². The molecular formula is C8H17N3O4. The van der Waals surface area contributed by atoms with E-state index in [0.29, 0.717) is 19.3 Å². The van der Waals surface area contributed by atoms with Gasteiger partial charge in [0.05, 0.1) is 6.04 Å². The summed E-state index contributed by atoms with van der Waals surface area (Å²) in [5.41, 5.74) is 10.8. The number of ketones is 1. The fourth-order valence-corrected chi connectivity index (χ4v) is 1.03. The van der Waals surface area contributed by atoms with Crippen LogP contribution in [0.15, 0.2) is 0 Å². The standard InChI is InChI=1S/C8H17N3O4/c9-5(7(12)4-15-11)2-1-3-6(10)8(13)14/h5-6H,1-4,9-11H2,(H,13,14)/t5?,6-/m0/s1. The summed E-state index contributed by atoms with van der Waals surface area (Å²) < 4.78 is 0. The zero-order chi connectivity index (χ0) is 11.8. The lowest BCUT2D eigenvalue weighted by Crippen LogP contribution is -2.35. The lowest BCUT2D eigenvalue weighted by Gasteiger charge is -2.10. The molecule has 0 aliphatic rings. The monoisotopic (exact) mass is 219 g/mol. The molecule has 0 aliphatic heterocycles. The highest BCUT2D eigenvalue weighted by Crippen LogP contribution is 2.02. The minimum atomic E-state index is -1.06. The van der Waals surface area contributed by atoms with Crippen molar-refractivity contribution in [3.05, 3.63) is 0 Å². The predicted octanol–water partition coefficient (Wildman–Crippen LogP) is -1.64. The Labute approximate surface area is 87.5 Å². The molecule has 0 heterocycles. The zero-order valence-corrected chi connectivity index (χ0v) is 8.39. The number of carboxylic acid groups (broad SMARTS) is 1. The van der Waals surface area contributed by atoms with Gasteiger partial charge in [-0.3, -0.25) is 14.4 Å². The van der Waals surface area contributed by atoms with Gasteiger partial charge in [0.15, 0.2) is 5.78 Å². The predicted molar refractivity (Wildman–Crippen MR) is 52.6 cm³/mol. The molecule has 7 N–H and O–H groups in total. The second kappa shape index (κ2) is 7.30. The summed E-state index contributed by atoms with van der Waals surface area (Å²) in [5.74, 6) is 3.35. The third-order valence-electron chi connectivity index (χ3n) is 1.99. The van der Waals surface area contributed by atoms with Crippen LogP contribution in [0.25, 0.3) is 0 Å². The Morgan fingerprint density at radius 3 is 2.20 bits per heavy atom. The lowest BCUT2D eigenvalue weighted by molar-refractivity contribution is -0.138. The summed E-state index contributed by atoms with van der Waals surface area (Å²) in [6.45, 7) is -0.230. The molecule has 0 rings (SSSR count). The maximum atomic E-state index is 11.1.